The minimum absolute atomic E-state index is 0.0304. The summed E-state index contributed by atoms with van der Waals surface area (Å²) in [6.45, 7) is -2.99. The molecule has 0 spiro atoms. The first-order chi connectivity index (χ1) is 17.8. The highest BCUT2D eigenvalue weighted by molar-refractivity contribution is 5.98. The summed E-state index contributed by atoms with van der Waals surface area (Å²) in [7, 11) is 1.74. The number of alkyl halides is 2. The van der Waals surface area contributed by atoms with E-state index in [0.717, 1.165) is 46.5 Å². The van der Waals surface area contributed by atoms with Crippen molar-refractivity contribution >= 4 is 16.9 Å². The molecule has 8 rings (SSSR count). The van der Waals surface area contributed by atoms with Crippen LogP contribution in [0.5, 0.6) is 5.75 Å². The van der Waals surface area contributed by atoms with E-state index in [2.05, 4.69) is 16.7 Å². The highest BCUT2D eigenvalue weighted by Gasteiger charge is 2.58. The van der Waals surface area contributed by atoms with Gasteiger partial charge in [-0.3, -0.25) is 9.78 Å². The molecular formula is C28H23F2N5O2. The number of rotatable bonds is 3. The van der Waals surface area contributed by atoms with Gasteiger partial charge >= 0.3 is 6.61 Å². The third kappa shape index (κ3) is 2.75. The molecule has 2 aliphatic heterocycles. The van der Waals surface area contributed by atoms with Crippen molar-refractivity contribution in [2.45, 2.75) is 43.5 Å². The topological polar surface area (TPSA) is 86.3 Å². The first-order valence-corrected chi connectivity index (χ1v) is 12.5. The van der Waals surface area contributed by atoms with Gasteiger partial charge in [-0.25, -0.2) is 4.98 Å². The Balaban J connectivity index is 1.30. The molecule has 4 atom stereocenters. The second kappa shape index (κ2) is 6.92. The molecule has 37 heavy (non-hydrogen) atoms. The van der Waals surface area contributed by atoms with Gasteiger partial charge in [-0.05, 0) is 60.2 Å². The maximum absolute atomic E-state index is 13.3. The fourth-order valence-corrected chi connectivity index (χ4v) is 6.86. The minimum atomic E-state index is -2.99. The molecular weight excluding hydrogens is 476 g/mol. The summed E-state index contributed by atoms with van der Waals surface area (Å²) in [5, 5.41) is 0. The van der Waals surface area contributed by atoms with Gasteiger partial charge in [0.25, 0.3) is 5.91 Å². The number of hydrogen-bond donors (Lipinski definition) is 1. The largest absolute Gasteiger partial charge is 0.434 e. The Kier molecular flexibility index (Phi) is 3.97. The van der Waals surface area contributed by atoms with Crippen molar-refractivity contribution in [3.8, 4) is 16.9 Å². The number of ether oxygens (including phenoxy) is 1. The SMILES string of the molecule is CN1C(=O)c2cccc(OC(F)F)c2[C@H]2CC1c1nc3ccc(-c4cnc5c(c4)C[C@H]4C[C@@]54N)cc3n12. The summed E-state index contributed by atoms with van der Waals surface area (Å²) >= 11 is 0. The van der Waals surface area contributed by atoms with Crippen LogP contribution in [0.25, 0.3) is 22.2 Å². The number of halogens is 2. The van der Waals surface area contributed by atoms with E-state index in [1.54, 1.807) is 24.1 Å². The zero-order chi connectivity index (χ0) is 25.2. The van der Waals surface area contributed by atoms with Gasteiger partial charge in [0.05, 0.1) is 34.3 Å². The van der Waals surface area contributed by atoms with Crippen molar-refractivity contribution in [1.29, 1.82) is 0 Å². The van der Waals surface area contributed by atoms with Crippen LogP contribution in [0.4, 0.5) is 8.78 Å². The van der Waals surface area contributed by atoms with Crippen LogP contribution in [0, 0.1) is 5.92 Å². The van der Waals surface area contributed by atoms with Gasteiger partial charge in [0, 0.05) is 36.4 Å². The van der Waals surface area contributed by atoms with E-state index < -0.39 is 6.61 Å². The molecule has 1 amide bonds. The van der Waals surface area contributed by atoms with Gasteiger partial charge in [0.15, 0.2) is 0 Å². The number of pyridine rings is 1. The Hall–Kier alpha value is -3.85. The van der Waals surface area contributed by atoms with Crippen molar-refractivity contribution in [3.63, 3.8) is 0 Å². The first kappa shape index (κ1) is 21.3. The van der Waals surface area contributed by atoms with E-state index in [-0.39, 0.29) is 29.3 Å². The van der Waals surface area contributed by atoms with Crippen LogP contribution in [0.2, 0.25) is 0 Å². The number of aromatic nitrogens is 3. The summed E-state index contributed by atoms with van der Waals surface area (Å²) in [5.74, 6) is 1.06. The second-order valence-corrected chi connectivity index (χ2v) is 10.7. The number of imidazole rings is 1. The molecule has 0 saturated heterocycles. The van der Waals surface area contributed by atoms with Crippen molar-refractivity contribution in [3.05, 3.63) is 76.9 Å². The van der Waals surface area contributed by atoms with Crippen LogP contribution in [-0.4, -0.2) is 39.0 Å². The third-order valence-electron chi connectivity index (χ3n) is 8.77. The number of nitrogens with two attached hydrogens (primary N) is 1. The Labute approximate surface area is 210 Å². The highest BCUT2D eigenvalue weighted by atomic mass is 19.3. The van der Waals surface area contributed by atoms with E-state index in [0.29, 0.717) is 23.5 Å². The molecule has 9 heteroatoms. The zero-order valence-electron chi connectivity index (χ0n) is 20.0. The molecule has 2 aromatic carbocycles. The maximum Gasteiger partial charge on any atom is 0.387 e. The lowest BCUT2D eigenvalue weighted by molar-refractivity contribution is -0.0507. The Morgan fingerprint density at radius 3 is 2.86 bits per heavy atom. The molecule has 2 aliphatic carbocycles. The van der Waals surface area contributed by atoms with Gasteiger partial charge in [-0.2, -0.15) is 8.78 Å². The predicted octanol–water partition coefficient (Wildman–Crippen LogP) is 4.55. The van der Waals surface area contributed by atoms with Crippen LogP contribution in [-0.2, 0) is 12.0 Å². The summed E-state index contributed by atoms with van der Waals surface area (Å²) in [6.07, 6.45) is 4.40. The van der Waals surface area contributed by atoms with Crippen LogP contribution in [0.1, 0.15) is 57.9 Å². The highest BCUT2D eigenvalue weighted by Crippen LogP contribution is 2.57. The molecule has 2 aromatic heterocycles. The fraction of sp³-hybridized carbons (Fsp3) is 0.321. The molecule has 1 fully saturated rings. The van der Waals surface area contributed by atoms with Gasteiger partial charge in [0.1, 0.15) is 11.6 Å². The number of hydrogen-bond acceptors (Lipinski definition) is 5. The molecule has 1 unspecified atom stereocenters. The van der Waals surface area contributed by atoms with E-state index >= 15 is 0 Å². The smallest absolute Gasteiger partial charge is 0.387 e. The Morgan fingerprint density at radius 1 is 1.16 bits per heavy atom. The summed E-state index contributed by atoms with van der Waals surface area (Å²) in [5.41, 5.74) is 13.0. The Morgan fingerprint density at radius 2 is 2.03 bits per heavy atom. The van der Waals surface area contributed by atoms with Crippen molar-refractivity contribution in [2.75, 3.05) is 7.05 Å². The van der Waals surface area contributed by atoms with Gasteiger partial charge < -0.3 is 19.9 Å². The fourth-order valence-electron chi connectivity index (χ4n) is 6.86. The molecule has 4 heterocycles. The lowest BCUT2D eigenvalue weighted by Crippen LogP contribution is -2.30. The summed E-state index contributed by atoms with van der Waals surface area (Å²) in [4.78, 5) is 24.6. The molecule has 4 aliphatic rings. The number of amides is 1. The minimum Gasteiger partial charge on any atom is -0.434 e. The van der Waals surface area contributed by atoms with Crippen LogP contribution in [0.15, 0.2) is 48.7 Å². The van der Waals surface area contributed by atoms with E-state index in [1.807, 2.05) is 18.3 Å². The molecule has 7 nitrogen and oxygen atoms in total. The molecule has 2 N–H and O–H groups in total. The van der Waals surface area contributed by atoms with Crippen molar-refractivity contribution < 1.29 is 18.3 Å². The van der Waals surface area contributed by atoms with Crippen LogP contribution in [0.3, 0.4) is 0 Å². The van der Waals surface area contributed by atoms with E-state index in [4.69, 9.17) is 20.4 Å². The predicted molar refractivity (Wildman–Crippen MR) is 131 cm³/mol. The van der Waals surface area contributed by atoms with E-state index in [1.165, 1.54) is 11.6 Å². The molecule has 2 bridgehead atoms. The quantitative estimate of drug-likeness (QED) is 0.447. The summed E-state index contributed by atoms with van der Waals surface area (Å²) in [6, 6.07) is 12.4. The lowest BCUT2D eigenvalue weighted by atomic mass is 9.97. The van der Waals surface area contributed by atoms with Gasteiger partial charge in [-0.15, -0.1) is 0 Å². The molecule has 4 aromatic rings. The lowest BCUT2D eigenvalue weighted by Gasteiger charge is -2.24. The maximum atomic E-state index is 13.3. The molecule has 0 radical (unpaired) electrons. The molecule has 186 valence electrons. The average molecular weight is 500 g/mol. The van der Waals surface area contributed by atoms with Crippen molar-refractivity contribution in [1.82, 2.24) is 19.4 Å². The zero-order valence-corrected chi connectivity index (χ0v) is 20.0. The number of benzene rings is 2. The second-order valence-electron chi connectivity index (χ2n) is 10.7. The number of carbonyl (C=O) groups excluding carboxylic acids is 1. The Bertz CT molecular complexity index is 1670. The number of fused-ring (bicyclic) bond motifs is 12. The third-order valence-corrected chi connectivity index (χ3v) is 8.77. The van der Waals surface area contributed by atoms with Crippen LogP contribution >= 0.6 is 0 Å². The van der Waals surface area contributed by atoms with Crippen LogP contribution < -0.4 is 10.5 Å². The normalized spacial score (nSPS) is 26.7. The first-order valence-electron chi connectivity index (χ1n) is 12.5. The van der Waals surface area contributed by atoms with Crippen molar-refractivity contribution in [2.24, 2.45) is 11.7 Å². The average Bonchev–Trinajstić information content (AvgIpc) is 3.15. The number of carbonyl (C=O) groups is 1. The monoisotopic (exact) mass is 499 g/mol. The van der Waals surface area contributed by atoms with E-state index in [9.17, 15) is 13.6 Å². The van der Waals surface area contributed by atoms with Gasteiger partial charge in [0.2, 0.25) is 0 Å². The number of nitrogens with zero attached hydrogens (tertiary/aromatic N) is 4. The summed E-state index contributed by atoms with van der Waals surface area (Å²) < 4.78 is 33.7. The standard InChI is InChI=1S/C28H23F2N5O2/c1-34-21-10-20(23-17(26(34)36)3-2-4-22(23)37-27(29)30)35-19-9-13(5-6-18(19)33-25(21)35)15-7-14-8-16-11-28(16,31)24(14)32-12-15/h2-7,9,12,16,20-21,27H,8,10-11,31H2,1H3/t16-,20+,21?,28-/m0/s1. The molecule has 1 saturated carbocycles. The van der Waals surface area contributed by atoms with Gasteiger partial charge in [-0.1, -0.05) is 12.1 Å².